The van der Waals surface area contributed by atoms with Gasteiger partial charge in [-0.05, 0) is 37.1 Å². The van der Waals surface area contributed by atoms with Crippen LogP contribution in [0.15, 0.2) is 48.8 Å². The number of aromatic nitrogens is 1. The van der Waals surface area contributed by atoms with Crippen molar-refractivity contribution in [2.75, 3.05) is 7.05 Å². The van der Waals surface area contributed by atoms with Crippen molar-refractivity contribution in [2.45, 2.75) is 25.9 Å². The summed E-state index contributed by atoms with van der Waals surface area (Å²) >= 11 is 0. The van der Waals surface area contributed by atoms with Crippen molar-refractivity contribution in [2.24, 2.45) is 0 Å². The Balaban J connectivity index is 1.78. The first kappa shape index (κ1) is 11.9. The van der Waals surface area contributed by atoms with Crippen molar-refractivity contribution in [1.82, 2.24) is 9.88 Å². The number of hydrogen-bond acceptors (Lipinski definition) is 1. The third-order valence-corrected chi connectivity index (χ3v) is 2.92. The molecule has 0 saturated carbocycles. The van der Waals surface area contributed by atoms with Crippen LogP contribution in [0.5, 0.6) is 0 Å². The van der Waals surface area contributed by atoms with Crippen molar-refractivity contribution >= 4 is 0 Å². The van der Waals surface area contributed by atoms with Crippen LogP contribution in [0.1, 0.15) is 17.5 Å². The molecule has 1 heterocycles. The van der Waals surface area contributed by atoms with Crippen molar-refractivity contribution in [3.63, 3.8) is 0 Å². The highest BCUT2D eigenvalue weighted by molar-refractivity contribution is 5.14. The molecule has 2 aromatic rings. The van der Waals surface area contributed by atoms with Gasteiger partial charge in [0.1, 0.15) is 0 Å². The fraction of sp³-hybridized carbons (Fsp3) is 0.333. The van der Waals surface area contributed by atoms with Crippen molar-refractivity contribution in [3.05, 3.63) is 59.9 Å². The molecule has 0 aliphatic carbocycles. The van der Waals surface area contributed by atoms with E-state index in [2.05, 4.69) is 58.7 Å². The van der Waals surface area contributed by atoms with Crippen LogP contribution in [0, 0.1) is 0 Å². The van der Waals surface area contributed by atoms with Crippen LogP contribution in [0.25, 0.3) is 0 Å². The molecular formula is C15H20N2. The van der Waals surface area contributed by atoms with E-state index in [1.54, 1.807) is 0 Å². The van der Waals surface area contributed by atoms with Gasteiger partial charge in [0.05, 0.1) is 0 Å². The van der Waals surface area contributed by atoms with E-state index in [0.717, 1.165) is 19.5 Å². The maximum absolute atomic E-state index is 3.17. The summed E-state index contributed by atoms with van der Waals surface area (Å²) in [5.41, 5.74) is 2.78. The molecule has 1 aromatic heterocycles. The zero-order valence-corrected chi connectivity index (χ0v) is 10.4. The van der Waals surface area contributed by atoms with Gasteiger partial charge in [-0.15, -0.1) is 0 Å². The molecule has 2 heteroatoms. The van der Waals surface area contributed by atoms with E-state index >= 15 is 0 Å². The Bertz CT molecular complexity index is 431. The average Bonchev–Trinajstić information content (AvgIpc) is 2.79. The minimum absolute atomic E-state index is 0.950. The van der Waals surface area contributed by atoms with Crippen LogP contribution in [0.4, 0.5) is 0 Å². The van der Waals surface area contributed by atoms with Crippen molar-refractivity contribution in [3.8, 4) is 0 Å². The van der Waals surface area contributed by atoms with Crippen LogP contribution in [-0.4, -0.2) is 11.6 Å². The maximum atomic E-state index is 3.17. The summed E-state index contributed by atoms with van der Waals surface area (Å²) in [5, 5.41) is 3.17. The molecule has 17 heavy (non-hydrogen) atoms. The number of aryl methyl sites for hydroxylation is 2. The molecule has 0 saturated heterocycles. The zero-order valence-electron chi connectivity index (χ0n) is 10.4. The van der Waals surface area contributed by atoms with Gasteiger partial charge >= 0.3 is 0 Å². The highest BCUT2D eigenvalue weighted by atomic mass is 14.9. The molecule has 0 aliphatic rings. The number of benzene rings is 1. The predicted molar refractivity (Wildman–Crippen MR) is 72.0 cm³/mol. The van der Waals surface area contributed by atoms with Gasteiger partial charge in [-0.1, -0.05) is 30.3 Å². The lowest BCUT2D eigenvalue weighted by Crippen LogP contribution is -2.04. The standard InChI is InChI=1S/C15H20N2/c1-16-12-15-9-11-17(13-15)10-5-8-14-6-3-2-4-7-14/h2-4,6-7,9,11,13,16H,5,8,10,12H2,1H3. The summed E-state index contributed by atoms with van der Waals surface area (Å²) in [7, 11) is 1.98. The molecular weight excluding hydrogens is 208 g/mol. The largest absolute Gasteiger partial charge is 0.354 e. The summed E-state index contributed by atoms with van der Waals surface area (Å²) in [6.07, 6.45) is 6.73. The number of nitrogens with one attached hydrogen (secondary N) is 1. The summed E-state index contributed by atoms with van der Waals surface area (Å²) < 4.78 is 2.27. The normalized spacial score (nSPS) is 10.6. The first-order valence-corrected chi connectivity index (χ1v) is 6.21. The first-order chi connectivity index (χ1) is 8.38. The second kappa shape index (κ2) is 6.26. The van der Waals surface area contributed by atoms with Crippen LogP contribution in [-0.2, 0) is 19.5 Å². The maximum Gasteiger partial charge on any atom is 0.0222 e. The van der Waals surface area contributed by atoms with Gasteiger partial charge in [-0.2, -0.15) is 0 Å². The lowest BCUT2D eigenvalue weighted by Gasteiger charge is -2.03. The number of rotatable bonds is 6. The van der Waals surface area contributed by atoms with Crippen molar-refractivity contribution in [1.29, 1.82) is 0 Å². The van der Waals surface area contributed by atoms with E-state index in [1.807, 2.05) is 7.05 Å². The highest BCUT2D eigenvalue weighted by Gasteiger charge is 1.96. The predicted octanol–water partition coefficient (Wildman–Crippen LogP) is 2.84. The summed E-state index contributed by atoms with van der Waals surface area (Å²) in [6.45, 7) is 2.05. The molecule has 2 rings (SSSR count). The molecule has 0 spiro atoms. The topological polar surface area (TPSA) is 17.0 Å². The monoisotopic (exact) mass is 228 g/mol. The Hall–Kier alpha value is -1.54. The molecule has 0 atom stereocenters. The summed E-state index contributed by atoms with van der Waals surface area (Å²) in [5.74, 6) is 0. The Kier molecular flexibility index (Phi) is 4.39. The highest BCUT2D eigenvalue weighted by Crippen LogP contribution is 2.06. The summed E-state index contributed by atoms with van der Waals surface area (Å²) in [4.78, 5) is 0. The zero-order chi connectivity index (χ0) is 11.9. The Morgan fingerprint density at radius 1 is 1.06 bits per heavy atom. The van der Waals surface area contributed by atoms with Gasteiger partial charge in [-0.25, -0.2) is 0 Å². The van der Waals surface area contributed by atoms with Crippen molar-refractivity contribution < 1.29 is 0 Å². The van der Waals surface area contributed by atoms with Gasteiger partial charge in [0.15, 0.2) is 0 Å². The molecule has 0 aliphatic heterocycles. The van der Waals surface area contributed by atoms with Gasteiger partial charge in [0.25, 0.3) is 0 Å². The van der Waals surface area contributed by atoms with Gasteiger partial charge in [-0.3, -0.25) is 0 Å². The van der Waals surface area contributed by atoms with Crippen LogP contribution >= 0.6 is 0 Å². The van der Waals surface area contributed by atoms with Crippen LogP contribution < -0.4 is 5.32 Å². The molecule has 90 valence electrons. The Morgan fingerprint density at radius 3 is 2.65 bits per heavy atom. The van der Waals surface area contributed by atoms with E-state index < -0.39 is 0 Å². The van der Waals surface area contributed by atoms with E-state index in [0.29, 0.717) is 0 Å². The fourth-order valence-electron chi connectivity index (χ4n) is 2.05. The van der Waals surface area contributed by atoms with Crippen LogP contribution in [0.2, 0.25) is 0 Å². The Morgan fingerprint density at radius 2 is 1.88 bits per heavy atom. The lowest BCUT2D eigenvalue weighted by atomic mass is 10.1. The average molecular weight is 228 g/mol. The molecule has 0 fully saturated rings. The van der Waals surface area contributed by atoms with E-state index in [9.17, 15) is 0 Å². The number of hydrogen-bond donors (Lipinski definition) is 1. The molecule has 0 bridgehead atoms. The van der Waals surface area contributed by atoms with Gasteiger partial charge in [0, 0.05) is 25.5 Å². The fourth-order valence-corrected chi connectivity index (χ4v) is 2.05. The number of nitrogens with zero attached hydrogens (tertiary/aromatic N) is 1. The van der Waals surface area contributed by atoms with Crippen LogP contribution in [0.3, 0.4) is 0 Å². The summed E-state index contributed by atoms with van der Waals surface area (Å²) in [6, 6.07) is 12.9. The minimum Gasteiger partial charge on any atom is -0.354 e. The lowest BCUT2D eigenvalue weighted by molar-refractivity contribution is 0.643. The molecule has 1 aromatic carbocycles. The van der Waals surface area contributed by atoms with Gasteiger partial charge in [0.2, 0.25) is 0 Å². The third kappa shape index (κ3) is 3.75. The second-order valence-electron chi connectivity index (χ2n) is 4.38. The first-order valence-electron chi connectivity index (χ1n) is 6.21. The minimum atomic E-state index is 0.950. The quantitative estimate of drug-likeness (QED) is 0.804. The SMILES string of the molecule is CNCc1ccn(CCCc2ccccc2)c1. The smallest absolute Gasteiger partial charge is 0.0222 e. The van der Waals surface area contributed by atoms with Gasteiger partial charge < -0.3 is 9.88 Å². The molecule has 0 unspecified atom stereocenters. The molecule has 0 radical (unpaired) electrons. The molecule has 2 nitrogen and oxygen atoms in total. The molecule has 0 amide bonds. The third-order valence-electron chi connectivity index (χ3n) is 2.92. The van der Waals surface area contributed by atoms with E-state index in [-0.39, 0.29) is 0 Å². The molecule has 1 N–H and O–H groups in total. The second-order valence-corrected chi connectivity index (χ2v) is 4.38. The van der Waals surface area contributed by atoms with E-state index in [4.69, 9.17) is 0 Å². The Labute approximate surface area is 103 Å². The van der Waals surface area contributed by atoms with E-state index in [1.165, 1.54) is 17.5 Å².